The van der Waals surface area contributed by atoms with E-state index in [1.165, 1.54) is 15.7 Å². The molecule has 3 rings (SSSR count). The Kier molecular flexibility index (Phi) is 6.79. The predicted molar refractivity (Wildman–Crippen MR) is 113 cm³/mol. The minimum absolute atomic E-state index is 0.254. The Hall–Kier alpha value is -2.13. The van der Waals surface area contributed by atoms with Gasteiger partial charge in [-0.05, 0) is 37.1 Å². The summed E-state index contributed by atoms with van der Waals surface area (Å²) in [4.78, 5) is 12.4. The van der Waals surface area contributed by atoms with Gasteiger partial charge < -0.3 is 10.1 Å². The molecule has 7 nitrogen and oxygen atoms in total. The lowest BCUT2D eigenvalue weighted by Gasteiger charge is -2.34. The van der Waals surface area contributed by atoms with E-state index >= 15 is 0 Å². The van der Waals surface area contributed by atoms with Gasteiger partial charge in [0, 0.05) is 25.3 Å². The summed E-state index contributed by atoms with van der Waals surface area (Å²) in [5.74, 6) is 0.0713. The van der Waals surface area contributed by atoms with Gasteiger partial charge in [0.1, 0.15) is 5.75 Å². The van der Waals surface area contributed by atoms with Crippen LogP contribution in [0.2, 0.25) is 5.02 Å². The van der Waals surface area contributed by atoms with Crippen molar-refractivity contribution in [1.82, 2.24) is 8.61 Å². The summed E-state index contributed by atoms with van der Waals surface area (Å²) in [6.07, 6.45) is 0.659. The van der Waals surface area contributed by atoms with Crippen molar-refractivity contribution in [3.8, 4) is 5.75 Å². The number of nitrogens with one attached hydrogen (secondary N) is 1. The molecule has 0 saturated carbocycles. The van der Waals surface area contributed by atoms with Gasteiger partial charge in [0.05, 0.1) is 18.7 Å². The summed E-state index contributed by atoms with van der Waals surface area (Å²) in [6, 6.07) is 12.6. The maximum absolute atomic E-state index is 12.9. The molecule has 29 heavy (non-hydrogen) atoms. The number of carbonyl (C=O) groups excluding carboxylic acids is 1. The largest absolute Gasteiger partial charge is 0.495 e. The number of methoxy groups -OCH3 is 1. The van der Waals surface area contributed by atoms with Gasteiger partial charge >= 0.3 is 0 Å². The molecule has 0 spiro atoms. The average Bonchev–Trinajstić information content (AvgIpc) is 2.67. The number of hydrogen-bond acceptors (Lipinski definition) is 4. The van der Waals surface area contributed by atoms with Crippen LogP contribution in [0.25, 0.3) is 0 Å². The number of aryl methyl sites for hydroxylation is 1. The van der Waals surface area contributed by atoms with E-state index in [4.69, 9.17) is 16.3 Å². The van der Waals surface area contributed by atoms with E-state index in [-0.39, 0.29) is 13.1 Å². The van der Waals surface area contributed by atoms with E-state index in [0.29, 0.717) is 36.0 Å². The third kappa shape index (κ3) is 5.27. The van der Waals surface area contributed by atoms with Gasteiger partial charge in [-0.15, -0.1) is 0 Å². The van der Waals surface area contributed by atoms with Crippen LogP contribution in [0.5, 0.6) is 5.75 Å². The molecule has 0 aliphatic carbocycles. The molecular weight excluding hydrogens is 414 g/mol. The van der Waals surface area contributed by atoms with Crippen LogP contribution in [0.1, 0.15) is 17.5 Å². The van der Waals surface area contributed by atoms with Gasteiger partial charge in [-0.1, -0.05) is 41.4 Å². The number of carbonyl (C=O) groups is 1. The first-order valence-electron chi connectivity index (χ1n) is 9.24. The van der Waals surface area contributed by atoms with E-state index < -0.39 is 16.1 Å². The molecule has 0 radical (unpaired) electrons. The van der Waals surface area contributed by atoms with Crippen molar-refractivity contribution in [2.75, 3.05) is 32.1 Å². The van der Waals surface area contributed by atoms with Crippen molar-refractivity contribution >= 4 is 33.4 Å². The van der Waals surface area contributed by atoms with Gasteiger partial charge in [0.2, 0.25) is 5.91 Å². The highest BCUT2D eigenvalue weighted by Crippen LogP contribution is 2.27. The van der Waals surface area contributed by atoms with Gasteiger partial charge in [-0.3, -0.25) is 4.79 Å². The van der Waals surface area contributed by atoms with Crippen LogP contribution in [0.15, 0.2) is 42.5 Å². The Bertz CT molecular complexity index is 980. The second-order valence-electron chi connectivity index (χ2n) is 6.91. The first-order chi connectivity index (χ1) is 13.8. The highest BCUT2D eigenvalue weighted by atomic mass is 35.5. The number of amides is 1. The second kappa shape index (κ2) is 9.13. The third-order valence-corrected chi connectivity index (χ3v) is 6.93. The first-order valence-corrected chi connectivity index (χ1v) is 11.0. The van der Waals surface area contributed by atoms with Crippen LogP contribution in [-0.4, -0.2) is 49.7 Å². The molecule has 1 heterocycles. The number of anilines is 1. The summed E-state index contributed by atoms with van der Waals surface area (Å²) >= 11 is 6.07. The smallest absolute Gasteiger partial charge is 0.282 e. The fourth-order valence-electron chi connectivity index (χ4n) is 3.14. The van der Waals surface area contributed by atoms with Crippen molar-refractivity contribution in [2.45, 2.75) is 19.9 Å². The zero-order valence-electron chi connectivity index (χ0n) is 16.4. The number of nitrogens with zero attached hydrogens (tertiary/aromatic N) is 2. The van der Waals surface area contributed by atoms with Crippen LogP contribution in [0, 0.1) is 6.92 Å². The van der Waals surface area contributed by atoms with E-state index in [1.807, 2.05) is 31.2 Å². The highest BCUT2D eigenvalue weighted by Gasteiger charge is 2.34. The molecule has 0 aromatic heterocycles. The molecule has 0 unspecified atom stereocenters. The number of benzene rings is 2. The minimum Gasteiger partial charge on any atom is -0.495 e. The van der Waals surface area contributed by atoms with E-state index in [9.17, 15) is 13.2 Å². The third-order valence-electron chi connectivity index (χ3n) is 4.70. The summed E-state index contributed by atoms with van der Waals surface area (Å²) in [5.41, 5.74) is 2.51. The van der Waals surface area contributed by atoms with Crippen LogP contribution < -0.4 is 10.1 Å². The Morgan fingerprint density at radius 3 is 2.48 bits per heavy atom. The normalized spacial score (nSPS) is 17.1. The lowest BCUT2D eigenvalue weighted by atomic mass is 10.1. The Balaban J connectivity index is 1.65. The van der Waals surface area contributed by atoms with Gasteiger partial charge in [0.25, 0.3) is 10.2 Å². The maximum Gasteiger partial charge on any atom is 0.282 e. The monoisotopic (exact) mass is 437 g/mol. The van der Waals surface area contributed by atoms with Crippen LogP contribution >= 0.6 is 11.6 Å². The molecule has 1 aliphatic heterocycles. The highest BCUT2D eigenvalue weighted by molar-refractivity contribution is 7.86. The van der Waals surface area contributed by atoms with Crippen molar-refractivity contribution in [2.24, 2.45) is 0 Å². The zero-order valence-corrected chi connectivity index (χ0v) is 18.0. The van der Waals surface area contributed by atoms with Crippen molar-refractivity contribution in [1.29, 1.82) is 0 Å². The van der Waals surface area contributed by atoms with Gasteiger partial charge in [-0.25, -0.2) is 0 Å². The molecule has 0 atom stereocenters. The lowest BCUT2D eigenvalue weighted by molar-refractivity contribution is -0.116. The fraction of sp³-hybridized carbons (Fsp3) is 0.350. The Morgan fingerprint density at radius 2 is 1.83 bits per heavy atom. The molecule has 2 aromatic carbocycles. The molecule has 9 heteroatoms. The van der Waals surface area contributed by atoms with Crippen LogP contribution in [0.4, 0.5) is 5.69 Å². The standard InChI is InChI=1S/C20H24ClN3O4S/c1-15-4-6-16(7-5-15)13-23-10-3-11-24(29(23,26)27)14-20(25)22-17-8-9-19(28-2)18(21)12-17/h4-9,12H,3,10-11,13-14H2,1-2H3,(H,22,25). The zero-order chi connectivity index (χ0) is 21.0. The van der Waals surface area contributed by atoms with Gasteiger partial charge in [-0.2, -0.15) is 17.0 Å². The van der Waals surface area contributed by atoms with E-state index in [2.05, 4.69) is 5.32 Å². The molecule has 156 valence electrons. The van der Waals surface area contributed by atoms with Crippen molar-refractivity contribution in [3.05, 3.63) is 58.6 Å². The molecular formula is C20H24ClN3O4S. The molecule has 0 bridgehead atoms. The molecule has 1 saturated heterocycles. The number of rotatable bonds is 6. The Morgan fingerprint density at radius 1 is 1.14 bits per heavy atom. The average molecular weight is 438 g/mol. The molecule has 2 aromatic rings. The fourth-order valence-corrected chi connectivity index (χ4v) is 5.04. The number of halogens is 1. The predicted octanol–water partition coefficient (Wildman–Crippen LogP) is 3.05. The molecule has 1 N–H and O–H groups in total. The number of hydrogen-bond donors (Lipinski definition) is 1. The SMILES string of the molecule is COc1ccc(NC(=O)CN2CCCN(Cc3ccc(C)cc3)S2(=O)=O)cc1Cl. The van der Waals surface area contributed by atoms with Crippen molar-refractivity contribution < 1.29 is 17.9 Å². The maximum atomic E-state index is 12.9. The summed E-state index contributed by atoms with van der Waals surface area (Å²) in [6.45, 7) is 2.76. The lowest BCUT2D eigenvalue weighted by Crippen LogP contribution is -2.51. The topological polar surface area (TPSA) is 79.0 Å². The summed E-state index contributed by atoms with van der Waals surface area (Å²) < 4.78 is 33.6. The van der Waals surface area contributed by atoms with Crippen LogP contribution in [0.3, 0.4) is 0 Å². The van der Waals surface area contributed by atoms with E-state index in [0.717, 1.165) is 11.1 Å². The quantitative estimate of drug-likeness (QED) is 0.753. The summed E-state index contributed by atoms with van der Waals surface area (Å²) in [7, 11) is -2.22. The first kappa shape index (κ1) is 21.6. The van der Waals surface area contributed by atoms with E-state index in [1.54, 1.807) is 18.2 Å². The molecule has 1 amide bonds. The second-order valence-corrected chi connectivity index (χ2v) is 9.25. The molecule has 1 fully saturated rings. The van der Waals surface area contributed by atoms with Gasteiger partial charge in [0.15, 0.2) is 0 Å². The Labute approximate surface area is 176 Å². The summed E-state index contributed by atoms with van der Waals surface area (Å²) in [5, 5.41) is 3.05. The van der Waals surface area contributed by atoms with Crippen molar-refractivity contribution in [3.63, 3.8) is 0 Å². The number of ether oxygens (including phenoxy) is 1. The molecule has 1 aliphatic rings. The minimum atomic E-state index is -3.72. The van der Waals surface area contributed by atoms with Crippen LogP contribution in [-0.2, 0) is 21.5 Å².